The smallest absolute Gasteiger partial charge is 0.240 e. The fraction of sp³-hybridized carbons (Fsp3) is 0.333. The van der Waals surface area contributed by atoms with Crippen molar-refractivity contribution in [3.05, 3.63) is 23.2 Å². The van der Waals surface area contributed by atoms with E-state index in [0.717, 1.165) is 5.75 Å². The van der Waals surface area contributed by atoms with Crippen molar-refractivity contribution in [2.24, 2.45) is 0 Å². The average Bonchev–Trinajstić information content (AvgIpc) is 2.22. The summed E-state index contributed by atoms with van der Waals surface area (Å²) in [4.78, 5) is 0.132. The van der Waals surface area contributed by atoms with Crippen molar-refractivity contribution in [2.75, 3.05) is 24.3 Å². The fourth-order valence-electron chi connectivity index (χ4n) is 1.04. The Morgan fingerprint density at radius 2 is 2.19 bits per heavy atom. The topological polar surface area (TPSA) is 72.2 Å². The van der Waals surface area contributed by atoms with Crippen LogP contribution in [-0.4, -0.2) is 27.0 Å². The largest absolute Gasteiger partial charge is 0.398 e. The molecule has 0 saturated carbocycles. The molecule has 0 amide bonds. The van der Waals surface area contributed by atoms with E-state index in [9.17, 15) is 8.42 Å². The van der Waals surface area contributed by atoms with Gasteiger partial charge in [-0.1, -0.05) is 11.6 Å². The van der Waals surface area contributed by atoms with Crippen LogP contribution in [0.2, 0.25) is 5.02 Å². The molecule has 0 radical (unpaired) electrons. The minimum Gasteiger partial charge on any atom is -0.398 e. The number of hydrogen-bond donors (Lipinski definition) is 2. The minimum absolute atomic E-state index is 0.132. The van der Waals surface area contributed by atoms with Crippen molar-refractivity contribution < 1.29 is 8.42 Å². The third kappa shape index (κ3) is 3.55. The predicted molar refractivity (Wildman–Crippen MR) is 69.4 cm³/mol. The normalized spacial score (nSPS) is 11.6. The lowest BCUT2D eigenvalue weighted by molar-refractivity contribution is 0.584. The highest BCUT2D eigenvalue weighted by Gasteiger charge is 2.14. The summed E-state index contributed by atoms with van der Waals surface area (Å²) >= 11 is 7.33. The van der Waals surface area contributed by atoms with E-state index in [0.29, 0.717) is 12.2 Å². The van der Waals surface area contributed by atoms with Gasteiger partial charge in [0.25, 0.3) is 0 Å². The lowest BCUT2D eigenvalue weighted by Crippen LogP contribution is -2.26. The predicted octanol–water partition coefficient (Wildman–Crippen LogP) is 1.56. The van der Waals surface area contributed by atoms with Crippen LogP contribution in [0, 0.1) is 0 Å². The maximum absolute atomic E-state index is 11.8. The zero-order valence-corrected chi connectivity index (χ0v) is 11.1. The summed E-state index contributed by atoms with van der Waals surface area (Å²) in [5.74, 6) is 0.724. The fourth-order valence-corrected chi connectivity index (χ4v) is 2.77. The number of nitrogen functional groups attached to an aromatic ring is 1. The summed E-state index contributed by atoms with van der Waals surface area (Å²) in [6, 6.07) is 4.26. The zero-order valence-electron chi connectivity index (χ0n) is 8.73. The molecular weight excluding hydrogens is 268 g/mol. The molecule has 0 spiro atoms. The molecule has 0 bridgehead atoms. The molecule has 0 unspecified atom stereocenters. The quantitative estimate of drug-likeness (QED) is 0.634. The van der Waals surface area contributed by atoms with Gasteiger partial charge in [0.2, 0.25) is 10.0 Å². The van der Waals surface area contributed by atoms with Gasteiger partial charge in [-0.05, 0) is 24.5 Å². The van der Waals surface area contributed by atoms with Gasteiger partial charge in [0.15, 0.2) is 0 Å². The Morgan fingerprint density at radius 3 is 2.75 bits per heavy atom. The molecule has 16 heavy (non-hydrogen) atoms. The van der Waals surface area contributed by atoms with E-state index in [4.69, 9.17) is 17.3 Å². The second-order valence-electron chi connectivity index (χ2n) is 3.07. The molecule has 3 N–H and O–H groups in total. The number of nitrogens with one attached hydrogen (secondary N) is 1. The van der Waals surface area contributed by atoms with Crippen LogP contribution in [-0.2, 0) is 10.0 Å². The lowest BCUT2D eigenvalue weighted by Gasteiger charge is -2.07. The van der Waals surface area contributed by atoms with Gasteiger partial charge >= 0.3 is 0 Å². The van der Waals surface area contributed by atoms with Crippen LogP contribution in [0.5, 0.6) is 0 Å². The van der Waals surface area contributed by atoms with Gasteiger partial charge in [0.1, 0.15) is 0 Å². The molecule has 1 rings (SSSR count). The van der Waals surface area contributed by atoms with Crippen LogP contribution in [0.3, 0.4) is 0 Å². The molecular formula is C9H13ClN2O2S2. The number of hydrogen-bond acceptors (Lipinski definition) is 4. The molecule has 0 atom stereocenters. The van der Waals surface area contributed by atoms with Gasteiger partial charge in [-0.25, -0.2) is 13.1 Å². The summed E-state index contributed by atoms with van der Waals surface area (Å²) in [6.45, 7) is 0.394. The van der Waals surface area contributed by atoms with E-state index < -0.39 is 10.0 Å². The molecule has 4 nitrogen and oxygen atoms in total. The Hall–Kier alpha value is -0.430. The van der Waals surface area contributed by atoms with E-state index in [-0.39, 0.29) is 9.92 Å². The van der Waals surface area contributed by atoms with Crippen molar-refractivity contribution in [2.45, 2.75) is 4.90 Å². The number of thioether (sulfide) groups is 1. The molecule has 0 saturated heterocycles. The van der Waals surface area contributed by atoms with Crippen LogP contribution < -0.4 is 10.5 Å². The van der Waals surface area contributed by atoms with Crippen LogP contribution in [0.15, 0.2) is 23.1 Å². The van der Waals surface area contributed by atoms with E-state index in [1.165, 1.54) is 18.2 Å². The van der Waals surface area contributed by atoms with Gasteiger partial charge in [0.05, 0.1) is 15.6 Å². The number of sulfonamides is 1. The highest BCUT2D eigenvalue weighted by atomic mass is 35.5. The number of halogens is 1. The second kappa shape index (κ2) is 5.77. The Balaban J connectivity index is 2.86. The Labute approximate surface area is 105 Å². The third-order valence-corrected chi connectivity index (χ3v) is 4.28. The molecule has 1 aromatic carbocycles. The monoisotopic (exact) mass is 280 g/mol. The van der Waals surface area contributed by atoms with Crippen molar-refractivity contribution in [3.63, 3.8) is 0 Å². The molecule has 7 heteroatoms. The minimum atomic E-state index is -3.48. The van der Waals surface area contributed by atoms with E-state index >= 15 is 0 Å². The van der Waals surface area contributed by atoms with Crippen LogP contribution in [0.25, 0.3) is 0 Å². The van der Waals surface area contributed by atoms with Gasteiger partial charge < -0.3 is 5.73 Å². The van der Waals surface area contributed by atoms with E-state index in [1.54, 1.807) is 11.8 Å². The third-order valence-electron chi connectivity index (χ3n) is 1.88. The summed E-state index contributed by atoms with van der Waals surface area (Å²) in [6.07, 6.45) is 1.91. The van der Waals surface area contributed by atoms with Crippen molar-refractivity contribution >= 4 is 39.1 Å². The molecule has 0 aromatic heterocycles. The van der Waals surface area contributed by atoms with Crippen molar-refractivity contribution in [3.8, 4) is 0 Å². The second-order valence-corrected chi connectivity index (χ2v) is 6.23. The van der Waals surface area contributed by atoms with Crippen molar-refractivity contribution in [1.29, 1.82) is 0 Å². The van der Waals surface area contributed by atoms with Crippen LogP contribution in [0.4, 0.5) is 5.69 Å². The van der Waals surface area contributed by atoms with Crippen LogP contribution >= 0.6 is 23.4 Å². The molecule has 0 fully saturated rings. The van der Waals surface area contributed by atoms with Crippen molar-refractivity contribution in [1.82, 2.24) is 4.72 Å². The SMILES string of the molecule is CSCCNS(=O)(=O)c1ccc(N)c(Cl)c1. The first kappa shape index (κ1) is 13.6. The Morgan fingerprint density at radius 1 is 1.50 bits per heavy atom. The Bertz CT molecular complexity index is 463. The Kier molecular flexibility index (Phi) is 4.91. The molecule has 0 aliphatic rings. The standard InChI is InChI=1S/C9H13ClN2O2S2/c1-15-5-4-12-16(13,14)7-2-3-9(11)8(10)6-7/h2-3,6,12H,4-5,11H2,1H3. The summed E-state index contributed by atoms with van der Waals surface area (Å²) in [5, 5.41) is 0.243. The van der Waals surface area contributed by atoms with E-state index in [1.807, 2.05) is 6.26 Å². The lowest BCUT2D eigenvalue weighted by atomic mass is 10.3. The van der Waals surface area contributed by atoms with Crippen LogP contribution in [0.1, 0.15) is 0 Å². The molecule has 90 valence electrons. The first-order chi connectivity index (χ1) is 7.47. The summed E-state index contributed by atoms with van der Waals surface area (Å²) in [7, 11) is -3.48. The first-order valence-electron chi connectivity index (χ1n) is 4.51. The highest BCUT2D eigenvalue weighted by molar-refractivity contribution is 7.98. The number of nitrogens with two attached hydrogens (primary N) is 1. The maximum atomic E-state index is 11.8. The number of rotatable bonds is 5. The summed E-state index contributed by atoms with van der Waals surface area (Å²) in [5.41, 5.74) is 5.87. The van der Waals surface area contributed by atoms with Gasteiger partial charge in [-0.2, -0.15) is 11.8 Å². The number of benzene rings is 1. The zero-order chi connectivity index (χ0) is 12.2. The molecule has 0 aliphatic carbocycles. The first-order valence-corrected chi connectivity index (χ1v) is 7.76. The van der Waals surface area contributed by atoms with E-state index in [2.05, 4.69) is 4.72 Å². The van der Waals surface area contributed by atoms with Gasteiger partial charge in [-0.3, -0.25) is 0 Å². The molecule has 0 heterocycles. The molecule has 1 aromatic rings. The number of anilines is 1. The molecule has 0 aliphatic heterocycles. The van der Waals surface area contributed by atoms with Gasteiger partial charge in [0, 0.05) is 12.3 Å². The van der Waals surface area contributed by atoms with Gasteiger partial charge in [-0.15, -0.1) is 0 Å². The maximum Gasteiger partial charge on any atom is 0.240 e. The summed E-state index contributed by atoms with van der Waals surface area (Å²) < 4.78 is 26.0. The average molecular weight is 281 g/mol. The highest BCUT2D eigenvalue weighted by Crippen LogP contribution is 2.22.